The topological polar surface area (TPSA) is 0 Å². The summed E-state index contributed by atoms with van der Waals surface area (Å²) in [7, 11) is 0. The third-order valence-electron chi connectivity index (χ3n) is 9.87. The van der Waals surface area contributed by atoms with Gasteiger partial charge >= 0.3 is 240 Å². The molecule has 6 rings (SSSR count). The Morgan fingerprint density at radius 3 is 1.52 bits per heavy atom. The predicted octanol–water partition coefficient (Wildman–Crippen LogP) is 4.10. The first-order valence-corrected chi connectivity index (χ1v) is 18.8. The third-order valence-corrected chi connectivity index (χ3v) is 16.9. The van der Waals surface area contributed by atoms with Gasteiger partial charge in [-0.1, -0.05) is 0 Å². The molecule has 0 bridgehead atoms. The van der Waals surface area contributed by atoms with Gasteiger partial charge in [0.1, 0.15) is 0 Å². The molecule has 40 heavy (non-hydrogen) atoms. The SMILES string of the molecule is [CH2]=[Zr+2]([C]1=C(C)C(C(C)(C)C)=CC1C)[CH]1c2cc3c(cc2-c2cc4c(cc21)C(C)(C)C=C4C)C(C)=CC3(C)C.[Cl-].[Cl-]. The van der Waals surface area contributed by atoms with Crippen LogP contribution in [0.15, 0.2) is 56.9 Å². The van der Waals surface area contributed by atoms with Crippen molar-refractivity contribution in [3.63, 3.8) is 0 Å². The Balaban J connectivity index is 0.00000185. The van der Waals surface area contributed by atoms with Crippen LogP contribution in [0.2, 0.25) is 0 Å². The van der Waals surface area contributed by atoms with E-state index in [9.17, 15) is 0 Å². The zero-order chi connectivity index (χ0) is 27.7. The van der Waals surface area contributed by atoms with Crippen LogP contribution < -0.4 is 24.8 Å². The fourth-order valence-electron chi connectivity index (χ4n) is 8.28. The van der Waals surface area contributed by atoms with E-state index in [0.717, 1.165) is 0 Å². The van der Waals surface area contributed by atoms with E-state index < -0.39 is 21.3 Å². The number of rotatable bonds is 2. The van der Waals surface area contributed by atoms with Crippen LogP contribution in [0.5, 0.6) is 0 Å². The minimum Gasteiger partial charge on any atom is -1.00 e. The molecule has 1 atom stereocenters. The van der Waals surface area contributed by atoms with Crippen LogP contribution in [0.1, 0.15) is 113 Å². The van der Waals surface area contributed by atoms with E-state index in [1.807, 2.05) is 0 Å². The monoisotopic (exact) mass is 648 g/mol. The fraction of sp³-hybridized carbons (Fsp3) is 0.432. The Morgan fingerprint density at radius 2 is 1.15 bits per heavy atom. The predicted molar refractivity (Wildman–Crippen MR) is 164 cm³/mol. The summed E-state index contributed by atoms with van der Waals surface area (Å²) in [6.07, 6.45) is 7.50. The molecular formula is C37H44Cl2Zr. The summed E-state index contributed by atoms with van der Waals surface area (Å²) in [6, 6.07) is 10.3. The molecule has 0 radical (unpaired) electrons. The number of benzene rings is 2. The molecule has 4 aliphatic rings. The quantitative estimate of drug-likeness (QED) is 0.460. The van der Waals surface area contributed by atoms with Gasteiger partial charge in [0.25, 0.3) is 0 Å². The standard InChI is InChI=1S/C25H25.C11H17.CH2.2ClH.Zr/c1-14-12-24(3,4)22-8-16-7-17-9-23-19(15(2)13-25(23,5)6)11-21(17)20(16)10-18(14)22;1-8-6-9(2)10(7-8)11(3,4)5;;;;/h7-13H,1-6H3;7-8H,1-5H3;1H2;2*1H;/q;;;;;+2/p-2. The van der Waals surface area contributed by atoms with E-state index in [1.165, 1.54) is 44.5 Å². The van der Waals surface area contributed by atoms with Gasteiger partial charge in [-0.2, -0.15) is 0 Å². The van der Waals surface area contributed by atoms with Gasteiger partial charge in [0.15, 0.2) is 0 Å². The molecule has 0 aliphatic heterocycles. The molecule has 0 aromatic heterocycles. The zero-order valence-corrected chi connectivity index (χ0v) is 30.1. The van der Waals surface area contributed by atoms with Crippen LogP contribution in [-0.2, 0) is 32.1 Å². The van der Waals surface area contributed by atoms with Gasteiger partial charge in [-0.15, -0.1) is 0 Å². The molecule has 0 N–H and O–H groups in total. The molecule has 210 valence electrons. The van der Waals surface area contributed by atoms with E-state index >= 15 is 0 Å². The Bertz CT molecular complexity index is 1510. The average Bonchev–Trinajstić information content (AvgIpc) is 3.42. The number of halogens is 2. The fourth-order valence-corrected chi connectivity index (χ4v) is 15.2. The van der Waals surface area contributed by atoms with Crippen LogP contribution in [-0.4, -0.2) is 4.21 Å². The van der Waals surface area contributed by atoms with Gasteiger partial charge in [0.05, 0.1) is 0 Å². The number of hydrogen-bond donors (Lipinski definition) is 0. The molecule has 2 aromatic rings. The maximum Gasteiger partial charge on any atom is -1.00 e. The van der Waals surface area contributed by atoms with Crippen molar-refractivity contribution in [2.45, 2.75) is 90.6 Å². The molecule has 1 unspecified atom stereocenters. The van der Waals surface area contributed by atoms with Gasteiger partial charge in [-0.3, -0.25) is 0 Å². The minimum atomic E-state index is -2.39. The Hall–Kier alpha value is -1.27. The summed E-state index contributed by atoms with van der Waals surface area (Å²) in [4.78, 5) is 0. The van der Waals surface area contributed by atoms with Crippen LogP contribution in [0.25, 0.3) is 22.3 Å². The Labute approximate surface area is 263 Å². The van der Waals surface area contributed by atoms with Gasteiger partial charge < -0.3 is 24.8 Å². The first-order chi connectivity index (χ1) is 17.5. The second kappa shape index (κ2) is 9.89. The number of hydrogen-bond acceptors (Lipinski definition) is 0. The third kappa shape index (κ3) is 4.44. The smallest absolute Gasteiger partial charge is 1.00 e. The average molecular weight is 651 g/mol. The summed E-state index contributed by atoms with van der Waals surface area (Å²) in [5, 5.41) is 0. The molecule has 0 nitrogen and oxygen atoms in total. The molecule has 0 heterocycles. The van der Waals surface area contributed by atoms with E-state index in [2.05, 4.69) is 119 Å². The summed E-state index contributed by atoms with van der Waals surface area (Å²) in [5.74, 6) is 0.508. The van der Waals surface area contributed by atoms with Crippen molar-refractivity contribution < 1.29 is 46.1 Å². The maximum atomic E-state index is 5.19. The summed E-state index contributed by atoms with van der Waals surface area (Å²) in [5.41, 5.74) is 18.3. The van der Waals surface area contributed by atoms with Gasteiger partial charge in [0.2, 0.25) is 0 Å². The van der Waals surface area contributed by atoms with Crippen molar-refractivity contribution in [3.05, 3.63) is 90.3 Å². The molecule has 0 amide bonds. The number of fused-ring (bicyclic) bond motifs is 5. The summed E-state index contributed by atoms with van der Waals surface area (Å²) < 4.78 is 7.38. The second-order valence-corrected chi connectivity index (χ2v) is 20.0. The minimum absolute atomic E-state index is 0. The molecule has 0 spiro atoms. The largest absolute Gasteiger partial charge is 1.00 e. The molecule has 0 fully saturated rings. The van der Waals surface area contributed by atoms with E-state index in [-0.39, 0.29) is 41.1 Å². The molecule has 3 heteroatoms. The Kier molecular flexibility index (Phi) is 7.83. The molecule has 0 saturated carbocycles. The zero-order valence-electron chi connectivity index (χ0n) is 26.2. The van der Waals surface area contributed by atoms with Crippen molar-refractivity contribution in [1.29, 1.82) is 0 Å². The molecule has 0 saturated heterocycles. The first kappa shape index (κ1) is 31.7. The van der Waals surface area contributed by atoms with E-state index in [0.29, 0.717) is 9.54 Å². The van der Waals surface area contributed by atoms with Crippen molar-refractivity contribution in [1.82, 2.24) is 0 Å². The van der Waals surface area contributed by atoms with Crippen molar-refractivity contribution in [2.75, 3.05) is 0 Å². The van der Waals surface area contributed by atoms with Crippen LogP contribution >= 0.6 is 0 Å². The van der Waals surface area contributed by atoms with E-state index in [1.54, 1.807) is 25.6 Å². The van der Waals surface area contributed by atoms with E-state index in [4.69, 9.17) is 4.21 Å². The van der Waals surface area contributed by atoms with Crippen LogP contribution in [0.4, 0.5) is 0 Å². The van der Waals surface area contributed by atoms with Gasteiger partial charge in [-0.05, 0) is 0 Å². The van der Waals surface area contributed by atoms with Crippen molar-refractivity contribution in [3.8, 4) is 11.1 Å². The normalized spacial score (nSPS) is 21.2. The number of allylic oxidation sites excluding steroid dienone is 8. The van der Waals surface area contributed by atoms with Crippen molar-refractivity contribution in [2.24, 2.45) is 11.3 Å². The van der Waals surface area contributed by atoms with Gasteiger partial charge in [-0.25, -0.2) is 0 Å². The second-order valence-electron chi connectivity index (χ2n) is 14.7. The first-order valence-electron chi connectivity index (χ1n) is 14.4. The molecule has 4 aliphatic carbocycles. The molecular weight excluding hydrogens is 607 g/mol. The molecule has 2 aromatic carbocycles. The van der Waals surface area contributed by atoms with Crippen LogP contribution in [0.3, 0.4) is 0 Å². The summed E-state index contributed by atoms with van der Waals surface area (Å²) >= 11 is -2.39. The maximum absolute atomic E-state index is 5.19. The summed E-state index contributed by atoms with van der Waals surface area (Å²) in [6.45, 7) is 26.0. The van der Waals surface area contributed by atoms with Crippen LogP contribution in [0, 0.1) is 11.3 Å². The van der Waals surface area contributed by atoms with Gasteiger partial charge in [0, 0.05) is 0 Å². The Morgan fingerprint density at radius 1 is 0.725 bits per heavy atom. The van der Waals surface area contributed by atoms with Crippen molar-refractivity contribution >= 4 is 15.4 Å².